The molecule has 0 unspecified atom stereocenters. The number of carbonyl (C=O) groups excluding carboxylic acids is 1. The molecule has 0 saturated carbocycles. The van der Waals surface area contributed by atoms with E-state index in [2.05, 4.69) is 22.4 Å². The quantitative estimate of drug-likeness (QED) is 0.925. The summed E-state index contributed by atoms with van der Waals surface area (Å²) in [5.74, 6) is 0.598. The van der Waals surface area contributed by atoms with Crippen molar-refractivity contribution in [1.29, 1.82) is 0 Å². The molecule has 2 aromatic rings. The van der Waals surface area contributed by atoms with Crippen molar-refractivity contribution in [3.05, 3.63) is 36.0 Å². The molecule has 1 aliphatic rings. The molecule has 6 heteroatoms. The first-order chi connectivity index (χ1) is 10.6. The van der Waals surface area contributed by atoms with Crippen LogP contribution in [-0.4, -0.2) is 54.2 Å². The topological polar surface area (TPSA) is 61.6 Å². The molecule has 0 bridgehead atoms. The lowest BCUT2D eigenvalue weighted by molar-refractivity contribution is 0.164. The Morgan fingerprint density at radius 3 is 2.55 bits per heavy atom. The zero-order valence-electron chi connectivity index (χ0n) is 12.9. The first kappa shape index (κ1) is 14.6. The Bertz CT molecular complexity index is 645. The van der Waals surface area contributed by atoms with Crippen LogP contribution in [0.1, 0.15) is 5.69 Å². The van der Waals surface area contributed by atoms with Crippen LogP contribution in [0.5, 0.6) is 0 Å². The molecule has 1 aromatic heterocycles. The minimum absolute atomic E-state index is 0.100. The number of rotatable bonds is 2. The highest BCUT2D eigenvalue weighted by Gasteiger charge is 2.22. The third kappa shape index (κ3) is 2.96. The molecular weight excluding hydrogens is 280 g/mol. The van der Waals surface area contributed by atoms with Crippen LogP contribution in [0.4, 0.5) is 10.5 Å². The largest absolute Gasteiger partial charge is 0.354 e. The Hall–Kier alpha value is -2.34. The van der Waals surface area contributed by atoms with Crippen molar-refractivity contribution in [2.45, 2.75) is 6.92 Å². The summed E-state index contributed by atoms with van der Waals surface area (Å²) in [5.41, 5.74) is 2.23. The fourth-order valence-electron chi connectivity index (χ4n) is 2.50. The number of aromatic nitrogens is 1. The zero-order chi connectivity index (χ0) is 15.5. The molecule has 1 fully saturated rings. The summed E-state index contributed by atoms with van der Waals surface area (Å²) in [6, 6.07) is 9.57. The highest BCUT2D eigenvalue weighted by Crippen LogP contribution is 2.30. The Morgan fingerprint density at radius 1 is 1.18 bits per heavy atom. The van der Waals surface area contributed by atoms with Crippen molar-refractivity contribution in [2.75, 3.05) is 38.5 Å². The molecule has 0 radical (unpaired) electrons. The van der Waals surface area contributed by atoms with E-state index in [-0.39, 0.29) is 6.03 Å². The van der Waals surface area contributed by atoms with Crippen LogP contribution < -0.4 is 5.32 Å². The average molecular weight is 300 g/mol. The fourth-order valence-corrected chi connectivity index (χ4v) is 2.50. The molecular formula is C16H20N4O2. The first-order valence-corrected chi connectivity index (χ1v) is 7.41. The normalized spacial score (nSPS) is 15.8. The smallest absolute Gasteiger partial charge is 0.322 e. The van der Waals surface area contributed by atoms with E-state index in [1.165, 1.54) is 0 Å². The number of likely N-dealkylation sites (N-methyl/N-ethyl adjacent to an activating group) is 1. The third-order valence-electron chi connectivity index (χ3n) is 3.92. The summed E-state index contributed by atoms with van der Waals surface area (Å²) >= 11 is 0. The summed E-state index contributed by atoms with van der Waals surface area (Å²) in [6.45, 7) is 5.07. The number of benzene rings is 1. The molecule has 0 spiro atoms. The van der Waals surface area contributed by atoms with Gasteiger partial charge in [-0.25, -0.2) is 4.79 Å². The molecule has 0 aliphatic carbocycles. The van der Waals surface area contributed by atoms with Gasteiger partial charge in [0.1, 0.15) is 11.4 Å². The second kappa shape index (κ2) is 6.19. The number of aryl methyl sites for hydroxylation is 1. The Morgan fingerprint density at radius 2 is 1.86 bits per heavy atom. The number of nitrogens with one attached hydrogen (secondary N) is 1. The predicted octanol–water partition coefficient (Wildman–Crippen LogP) is 2.43. The molecule has 1 aliphatic heterocycles. The van der Waals surface area contributed by atoms with Crippen LogP contribution in [0.2, 0.25) is 0 Å². The van der Waals surface area contributed by atoms with Crippen LogP contribution in [0.3, 0.4) is 0 Å². The molecule has 1 N–H and O–H groups in total. The number of carbonyl (C=O) groups is 1. The maximum atomic E-state index is 12.4. The zero-order valence-corrected chi connectivity index (χ0v) is 12.9. The van der Waals surface area contributed by atoms with E-state index in [1.54, 1.807) is 0 Å². The molecule has 0 atom stereocenters. The lowest BCUT2D eigenvalue weighted by atomic mass is 10.1. The van der Waals surface area contributed by atoms with Crippen LogP contribution >= 0.6 is 0 Å². The Labute approximate surface area is 129 Å². The molecule has 2 heterocycles. The van der Waals surface area contributed by atoms with Gasteiger partial charge in [0.25, 0.3) is 0 Å². The Kier molecular flexibility index (Phi) is 4.11. The number of anilines is 1. The summed E-state index contributed by atoms with van der Waals surface area (Å²) in [6.07, 6.45) is 0. The van der Waals surface area contributed by atoms with Crippen LogP contribution in [0, 0.1) is 6.92 Å². The van der Waals surface area contributed by atoms with E-state index < -0.39 is 0 Å². The Balaban J connectivity index is 1.78. The molecule has 1 aromatic carbocycles. The first-order valence-electron chi connectivity index (χ1n) is 7.41. The summed E-state index contributed by atoms with van der Waals surface area (Å²) in [5, 5.41) is 6.94. The van der Waals surface area contributed by atoms with Gasteiger partial charge in [-0.15, -0.1) is 0 Å². The second-order valence-electron chi connectivity index (χ2n) is 5.56. The SMILES string of the molecule is Cc1noc(-c2ccccc2)c1NC(=O)N1CCN(C)CC1. The number of hydrogen-bond acceptors (Lipinski definition) is 4. The van der Waals surface area contributed by atoms with Gasteiger partial charge in [0, 0.05) is 31.7 Å². The van der Waals surface area contributed by atoms with Crippen LogP contribution in [0.25, 0.3) is 11.3 Å². The third-order valence-corrected chi connectivity index (χ3v) is 3.92. The van der Waals surface area contributed by atoms with Gasteiger partial charge in [-0.05, 0) is 14.0 Å². The molecule has 22 heavy (non-hydrogen) atoms. The minimum atomic E-state index is -0.100. The number of hydrogen-bond donors (Lipinski definition) is 1. The van der Waals surface area contributed by atoms with Crippen molar-refractivity contribution in [2.24, 2.45) is 0 Å². The highest BCUT2D eigenvalue weighted by atomic mass is 16.5. The van der Waals surface area contributed by atoms with Gasteiger partial charge >= 0.3 is 6.03 Å². The number of amides is 2. The average Bonchev–Trinajstić information content (AvgIpc) is 2.90. The van der Waals surface area contributed by atoms with Crippen molar-refractivity contribution in [1.82, 2.24) is 15.0 Å². The van der Waals surface area contributed by atoms with E-state index in [4.69, 9.17) is 4.52 Å². The molecule has 116 valence electrons. The van der Waals surface area contributed by atoms with Crippen molar-refractivity contribution in [3.63, 3.8) is 0 Å². The fraction of sp³-hybridized carbons (Fsp3) is 0.375. The predicted molar refractivity (Wildman–Crippen MR) is 84.8 cm³/mol. The van der Waals surface area contributed by atoms with E-state index >= 15 is 0 Å². The van der Waals surface area contributed by atoms with Crippen LogP contribution in [-0.2, 0) is 0 Å². The lowest BCUT2D eigenvalue weighted by Gasteiger charge is -2.32. The molecule has 1 saturated heterocycles. The van der Waals surface area contributed by atoms with Crippen molar-refractivity contribution >= 4 is 11.7 Å². The van der Waals surface area contributed by atoms with E-state index in [0.717, 1.165) is 31.7 Å². The summed E-state index contributed by atoms with van der Waals surface area (Å²) in [7, 11) is 2.06. The summed E-state index contributed by atoms with van der Waals surface area (Å²) < 4.78 is 5.40. The highest BCUT2D eigenvalue weighted by molar-refractivity contribution is 5.94. The van der Waals surface area contributed by atoms with Gasteiger partial charge < -0.3 is 19.6 Å². The standard InChI is InChI=1S/C16H20N4O2/c1-12-14(15(22-18-12)13-6-4-3-5-7-13)17-16(21)20-10-8-19(2)9-11-20/h3-7H,8-11H2,1-2H3,(H,17,21). The van der Waals surface area contributed by atoms with E-state index in [1.807, 2.05) is 42.2 Å². The van der Waals surface area contributed by atoms with E-state index in [9.17, 15) is 4.79 Å². The van der Waals surface area contributed by atoms with Crippen molar-refractivity contribution < 1.29 is 9.32 Å². The molecule has 6 nitrogen and oxygen atoms in total. The maximum Gasteiger partial charge on any atom is 0.322 e. The molecule has 2 amide bonds. The number of piperazine rings is 1. The van der Waals surface area contributed by atoms with Crippen molar-refractivity contribution in [3.8, 4) is 11.3 Å². The van der Waals surface area contributed by atoms with Gasteiger partial charge in [-0.2, -0.15) is 0 Å². The summed E-state index contributed by atoms with van der Waals surface area (Å²) in [4.78, 5) is 16.5. The van der Waals surface area contributed by atoms with Gasteiger partial charge in [0.15, 0.2) is 5.76 Å². The van der Waals surface area contributed by atoms with Gasteiger partial charge in [-0.1, -0.05) is 35.5 Å². The monoisotopic (exact) mass is 300 g/mol. The van der Waals surface area contributed by atoms with Gasteiger partial charge in [-0.3, -0.25) is 0 Å². The second-order valence-corrected chi connectivity index (χ2v) is 5.56. The number of urea groups is 1. The van der Waals surface area contributed by atoms with Gasteiger partial charge in [0.2, 0.25) is 0 Å². The van der Waals surface area contributed by atoms with Gasteiger partial charge in [0.05, 0.1) is 0 Å². The minimum Gasteiger partial charge on any atom is -0.354 e. The lowest BCUT2D eigenvalue weighted by Crippen LogP contribution is -2.48. The number of nitrogens with zero attached hydrogens (tertiary/aromatic N) is 3. The van der Waals surface area contributed by atoms with E-state index in [0.29, 0.717) is 17.1 Å². The maximum absolute atomic E-state index is 12.4. The molecule has 3 rings (SSSR count). The van der Waals surface area contributed by atoms with Crippen LogP contribution in [0.15, 0.2) is 34.9 Å².